The second-order valence-corrected chi connectivity index (χ2v) is 6.64. The van der Waals surface area contributed by atoms with E-state index >= 15 is 0 Å². The predicted octanol–water partition coefficient (Wildman–Crippen LogP) is 0.448. The van der Waals surface area contributed by atoms with E-state index in [-0.39, 0.29) is 18.2 Å². The Hall–Kier alpha value is -0.210. The molecule has 1 saturated carbocycles. The lowest BCUT2D eigenvalue weighted by atomic mass is 9.84. The molecule has 1 rings (SSSR count). The smallest absolute Gasteiger partial charge is 0.279 e. The van der Waals surface area contributed by atoms with Crippen molar-refractivity contribution in [1.82, 2.24) is 9.03 Å². The van der Waals surface area contributed by atoms with Gasteiger partial charge >= 0.3 is 0 Å². The number of nitrogens with zero attached hydrogens (tertiary/aromatic N) is 1. The molecule has 0 bridgehead atoms. The molecule has 1 aliphatic carbocycles. The van der Waals surface area contributed by atoms with E-state index in [4.69, 9.17) is 10.5 Å². The number of hydrogen-bond acceptors (Lipinski definition) is 4. The molecule has 6 nitrogen and oxygen atoms in total. The number of rotatable bonds is 9. The summed E-state index contributed by atoms with van der Waals surface area (Å²) in [5.41, 5.74) is 5.87. The summed E-state index contributed by atoms with van der Waals surface area (Å²) < 4.78 is 34.3. The summed E-state index contributed by atoms with van der Waals surface area (Å²) in [6, 6.07) is -0.461. The van der Waals surface area contributed by atoms with Gasteiger partial charge in [-0.1, -0.05) is 13.8 Å². The Balaban J connectivity index is 2.66. The Labute approximate surface area is 116 Å². The highest BCUT2D eigenvalue weighted by Crippen LogP contribution is 2.23. The minimum absolute atomic E-state index is 0.0973. The summed E-state index contributed by atoms with van der Waals surface area (Å²) in [6.45, 7) is 7.47. The van der Waals surface area contributed by atoms with Crippen LogP contribution in [0.4, 0.5) is 0 Å². The molecule has 1 fully saturated rings. The van der Waals surface area contributed by atoms with Crippen LogP contribution in [0.1, 0.15) is 40.0 Å². The highest BCUT2D eigenvalue weighted by molar-refractivity contribution is 7.87. The van der Waals surface area contributed by atoms with E-state index in [1.807, 2.05) is 20.8 Å². The fourth-order valence-electron chi connectivity index (χ4n) is 2.29. The molecule has 0 radical (unpaired) electrons. The van der Waals surface area contributed by atoms with Crippen molar-refractivity contribution in [3.8, 4) is 0 Å². The molecule has 0 aromatic heterocycles. The highest BCUT2D eigenvalue weighted by Gasteiger charge is 2.42. The monoisotopic (exact) mass is 293 g/mol. The molecule has 7 heteroatoms. The first-order valence-electron chi connectivity index (χ1n) is 7.10. The lowest BCUT2D eigenvalue weighted by molar-refractivity contribution is -0.0252. The number of nitrogens with one attached hydrogen (secondary N) is 1. The van der Waals surface area contributed by atoms with Gasteiger partial charge in [0.25, 0.3) is 10.2 Å². The first kappa shape index (κ1) is 16.8. The lowest BCUT2D eigenvalue weighted by Gasteiger charge is -2.42. The first-order valence-corrected chi connectivity index (χ1v) is 8.54. The van der Waals surface area contributed by atoms with Gasteiger partial charge in [-0.3, -0.25) is 0 Å². The van der Waals surface area contributed by atoms with Gasteiger partial charge in [0.2, 0.25) is 0 Å². The van der Waals surface area contributed by atoms with Gasteiger partial charge in [0.15, 0.2) is 0 Å². The van der Waals surface area contributed by atoms with Crippen LogP contribution in [0.3, 0.4) is 0 Å². The van der Waals surface area contributed by atoms with Crippen LogP contribution >= 0.6 is 0 Å². The van der Waals surface area contributed by atoms with Crippen LogP contribution in [-0.4, -0.2) is 50.6 Å². The molecule has 0 saturated heterocycles. The van der Waals surface area contributed by atoms with Crippen molar-refractivity contribution >= 4 is 10.2 Å². The maximum absolute atomic E-state index is 12.3. The minimum atomic E-state index is -3.47. The van der Waals surface area contributed by atoms with Crippen molar-refractivity contribution in [2.75, 3.05) is 19.7 Å². The summed E-state index contributed by atoms with van der Waals surface area (Å²) in [6.07, 6.45) is 2.21. The Bertz CT molecular complexity index is 353. The van der Waals surface area contributed by atoms with Gasteiger partial charge in [-0.05, 0) is 26.2 Å². The molecule has 0 aromatic rings. The summed E-state index contributed by atoms with van der Waals surface area (Å²) in [5.74, 6) is 0. The van der Waals surface area contributed by atoms with Crippen molar-refractivity contribution in [2.45, 2.75) is 58.2 Å². The van der Waals surface area contributed by atoms with E-state index in [0.29, 0.717) is 26.1 Å². The van der Waals surface area contributed by atoms with E-state index in [2.05, 4.69) is 4.72 Å². The molecule has 0 spiro atoms. The van der Waals surface area contributed by atoms with Gasteiger partial charge in [-0.25, -0.2) is 0 Å². The van der Waals surface area contributed by atoms with E-state index in [1.54, 1.807) is 0 Å². The third-order valence-electron chi connectivity index (χ3n) is 3.32. The fourth-order valence-corrected chi connectivity index (χ4v) is 3.95. The molecule has 0 aromatic carbocycles. The van der Waals surface area contributed by atoms with Crippen molar-refractivity contribution < 1.29 is 13.2 Å². The van der Waals surface area contributed by atoms with E-state index in [9.17, 15) is 8.42 Å². The molecule has 0 amide bonds. The molecule has 3 N–H and O–H groups in total. The standard InChI is InChI=1S/C12H27N3O3S/c1-4-7-15(8-5-2)19(16,17)14-12-10(13)9-11(12)18-6-3/h10-12,14H,4-9,13H2,1-3H3. The Kier molecular flexibility index (Phi) is 6.68. The van der Waals surface area contributed by atoms with Crippen molar-refractivity contribution in [2.24, 2.45) is 5.73 Å². The average Bonchev–Trinajstić information content (AvgIpc) is 2.36. The second kappa shape index (κ2) is 7.54. The molecule has 3 atom stereocenters. The molecule has 0 aliphatic heterocycles. The summed E-state index contributed by atoms with van der Waals surface area (Å²) in [7, 11) is -3.47. The van der Waals surface area contributed by atoms with Crippen LogP contribution in [0.25, 0.3) is 0 Å². The van der Waals surface area contributed by atoms with E-state index in [0.717, 1.165) is 12.8 Å². The molecule has 1 aliphatic rings. The van der Waals surface area contributed by atoms with Crippen molar-refractivity contribution in [1.29, 1.82) is 0 Å². The van der Waals surface area contributed by atoms with Gasteiger partial charge in [-0.15, -0.1) is 0 Å². The third kappa shape index (κ3) is 4.39. The van der Waals surface area contributed by atoms with Gasteiger partial charge < -0.3 is 10.5 Å². The Morgan fingerprint density at radius 3 is 2.26 bits per heavy atom. The topological polar surface area (TPSA) is 84.7 Å². The molecular weight excluding hydrogens is 266 g/mol. The van der Waals surface area contributed by atoms with Gasteiger partial charge in [0, 0.05) is 25.7 Å². The number of hydrogen-bond donors (Lipinski definition) is 2. The SMILES string of the molecule is CCCN(CCC)S(=O)(=O)NC1C(N)CC1OCC. The van der Waals surface area contributed by atoms with Crippen LogP contribution in [0.2, 0.25) is 0 Å². The predicted molar refractivity (Wildman–Crippen MR) is 76.0 cm³/mol. The molecule has 3 unspecified atom stereocenters. The summed E-state index contributed by atoms with van der Waals surface area (Å²) in [5, 5.41) is 0. The fraction of sp³-hybridized carbons (Fsp3) is 1.00. The third-order valence-corrected chi connectivity index (χ3v) is 4.93. The van der Waals surface area contributed by atoms with Crippen LogP contribution in [-0.2, 0) is 14.9 Å². The zero-order valence-electron chi connectivity index (χ0n) is 12.1. The zero-order valence-corrected chi connectivity index (χ0v) is 12.9. The van der Waals surface area contributed by atoms with E-state index < -0.39 is 10.2 Å². The maximum atomic E-state index is 12.3. The number of nitrogens with two attached hydrogens (primary N) is 1. The van der Waals surface area contributed by atoms with Gasteiger partial charge in [-0.2, -0.15) is 17.4 Å². The van der Waals surface area contributed by atoms with Gasteiger partial charge in [0.05, 0.1) is 12.1 Å². The second-order valence-electron chi connectivity index (χ2n) is 4.94. The zero-order chi connectivity index (χ0) is 14.5. The quantitative estimate of drug-likeness (QED) is 0.646. The Morgan fingerprint density at radius 1 is 1.26 bits per heavy atom. The van der Waals surface area contributed by atoms with Gasteiger partial charge in [0.1, 0.15) is 0 Å². The summed E-state index contributed by atoms with van der Waals surface area (Å²) in [4.78, 5) is 0. The summed E-state index contributed by atoms with van der Waals surface area (Å²) >= 11 is 0. The van der Waals surface area contributed by atoms with E-state index in [1.165, 1.54) is 4.31 Å². The molecule has 0 heterocycles. The largest absolute Gasteiger partial charge is 0.377 e. The van der Waals surface area contributed by atoms with Crippen LogP contribution in [0, 0.1) is 0 Å². The van der Waals surface area contributed by atoms with Crippen molar-refractivity contribution in [3.63, 3.8) is 0 Å². The normalized spacial score (nSPS) is 27.5. The number of ether oxygens (including phenoxy) is 1. The van der Waals surface area contributed by atoms with Crippen molar-refractivity contribution in [3.05, 3.63) is 0 Å². The first-order chi connectivity index (χ1) is 8.96. The minimum Gasteiger partial charge on any atom is -0.377 e. The molecule has 114 valence electrons. The molecule has 19 heavy (non-hydrogen) atoms. The van der Waals surface area contributed by atoms with Crippen LogP contribution in [0.15, 0.2) is 0 Å². The lowest BCUT2D eigenvalue weighted by Crippen LogP contribution is -2.66. The average molecular weight is 293 g/mol. The maximum Gasteiger partial charge on any atom is 0.279 e. The molecular formula is C12H27N3O3S. The van der Waals surface area contributed by atoms with Crippen LogP contribution in [0.5, 0.6) is 0 Å². The Morgan fingerprint density at radius 2 is 1.84 bits per heavy atom. The highest BCUT2D eigenvalue weighted by atomic mass is 32.2. The van der Waals surface area contributed by atoms with Crippen LogP contribution < -0.4 is 10.5 Å².